The Morgan fingerprint density at radius 3 is 2.54 bits per heavy atom. The van der Waals surface area contributed by atoms with Crippen molar-refractivity contribution in [2.45, 2.75) is 45.6 Å². The Labute approximate surface area is 80.0 Å². The van der Waals surface area contributed by atoms with E-state index in [1.54, 1.807) is 0 Å². The second-order valence-electron chi connectivity index (χ2n) is 4.51. The molecule has 1 rings (SSSR count). The molecule has 1 atom stereocenters. The largest absolute Gasteiger partial charge is 0.460 e. The molecule has 0 fully saturated rings. The van der Waals surface area contributed by atoms with Gasteiger partial charge in [0.05, 0.1) is 5.92 Å². The fourth-order valence-corrected chi connectivity index (χ4v) is 1.39. The number of rotatable bonds is 1. The third-order valence-electron chi connectivity index (χ3n) is 2.01. The van der Waals surface area contributed by atoms with Crippen LogP contribution in [0.25, 0.3) is 0 Å². The van der Waals surface area contributed by atoms with Crippen molar-refractivity contribution in [1.29, 1.82) is 0 Å². The van der Waals surface area contributed by atoms with Crippen LogP contribution in [-0.2, 0) is 9.53 Å². The molecule has 0 spiro atoms. The molecule has 0 saturated heterocycles. The van der Waals surface area contributed by atoms with Crippen LogP contribution in [-0.4, -0.2) is 11.6 Å². The molecular formula is C11H18O2. The lowest BCUT2D eigenvalue weighted by Gasteiger charge is -2.24. The molecular weight excluding hydrogens is 164 g/mol. The molecule has 0 saturated carbocycles. The van der Waals surface area contributed by atoms with Crippen molar-refractivity contribution in [3.05, 3.63) is 12.2 Å². The molecule has 1 aliphatic carbocycles. The van der Waals surface area contributed by atoms with Crippen molar-refractivity contribution < 1.29 is 9.53 Å². The number of esters is 1. The summed E-state index contributed by atoms with van der Waals surface area (Å²) >= 11 is 0. The monoisotopic (exact) mass is 182 g/mol. The van der Waals surface area contributed by atoms with Crippen molar-refractivity contribution in [2.24, 2.45) is 5.92 Å². The van der Waals surface area contributed by atoms with Crippen molar-refractivity contribution in [3.8, 4) is 0 Å². The first kappa shape index (κ1) is 10.3. The average molecular weight is 182 g/mol. The summed E-state index contributed by atoms with van der Waals surface area (Å²) in [4.78, 5) is 11.6. The highest BCUT2D eigenvalue weighted by Crippen LogP contribution is 2.21. The highest BCUT2D eigenvalue weighted by Gasteiger charge is 2.24. The molecule has 0 aromatic heterocycles. The molecule has 0 N–H and O–H groups in total. The van der Waals surface area contributed by atoms with Crippen LogP contribution in [0.3, 0.4) is 0 Å². The predicted molar refractivity (Wildman–Crippen MR) is 52.3 cm³/mol. The lowest BCUT2D eigenvalue weighted by Crippen LogP contribution is -2.29. The van der Waals surface area contributed by atoms with Crippen LogP contribution in [0.5, 0.6) is 0 Å². The maximum absolute atomic E-state index is 11.6. The number of allylic oxidation sites excluding steroid dienone is 2. The zero-order chi connectivity index (χ0) is 9.90. The van der Waals surface area contributed by atoms with E-state index in [1.807, 2.05) is 20.8 Å². The first-order valence-corrected chi connectivity index (χ1v) is 4.87. The average Bonchev–Trinajstić information content (AvgIpc) is 2.03. The Kier molecular flexibility index (Phi) is 3.12. The summed E-state index contributed by atoms with van der Waals surface area (Å²) in [5.74, 6) is 0.0427. The lowest BCUT2D eigenvalue weighted by molar-refractivity contribution is -0.160. The van der Waals surface area contributed by atoms with E-state index in [0.717, 1.165) is 19.3 Å². The van der Waals surface area contributed by atoms with Gasteiger partial charge in [0.15, 0.2) is 0 Å². The van der Waals surface area contributed by atoms with Crippen molar-refractivity contribution in [2.75, 3.05) is 0 Å². The van der Waals surface area contributed by atoms with Gasteiger partial charge in [-0.15, -0.1) is 0 Å². The van der Waals surface area contributed by atoms with Gasteiger partial charge in [-0.3, -0.25) is 4.79 Å². The van der Waals surface area contributed by atoms with E-state index in [1.165, 1.54) is 0 Å². The topological polar surface area (TPSA) is 26.3 Å². The predicted octanol–water partition coefficient (Wildman–Crippen LogP) is 2.68. The molecule has 0 aliphatic heterocycles. The summed E-state index contributed by atoms with van der Waals surface area (Å²) in [7, 11) is 0. The van der Waals surface area contributed by atoms with Crippen LogP contribution in [0.15, 0.2) is 12.2 Å². The van der Waals surface area contributed by atoms with Gasteiger partial charge in [-0.05, 0) is 40.0 Å². The summed E-state index contributed by atoms with van der Waals surface area (Å²) < 4.78 is 5.30. The van der Waals surface area contributed by atoms with E-state index in [2.05, 4.69) is 12.2 Å². The highest BCUT2D eigenvalue weighted by atomic mass is 16.6. The number of ether oxygens (including phenoxy) is 1. The minimum atomic E-state index is -0.349. The van der Waals surface area contributed by atoms with Crippen LogP contribution >= 0.6 is 0 Å². The molecule has 74 valence electrons. The Morgan fingerprint density at radius 1 is 1.38 bits per heavy atom. The zero-order valence-electron chi connectivity index (χ0n) is 8.67. The molecule has 1 aliphatic rings. The van der Waals surface area contributed by atoms with E-state index in [-0.39, 0.29) is 17.5 Å². The first-order valence-electron chi connectivity index (χ1n) is 4.87. The fraction of sp³-hybridized carbons (Fsp3) is 0.727. The van der Waals surface area contributed by atoms with E-state index >= 15 is 0 Å². The van der Waals surface area contributed by atoms with Crippen molar-refractivity contribution in [1.82, 2.24) is 0 Å². The van der Waals surface area contributed by atoms with Crippen LogP contribution in [0.1, 0.15) is 40.0 Å². The third kappa shape index (κ3) is 3.62. The Hall–Kier alpha value is -0.790. The third-order valence-corrected chi connectivity index (χ3v) is 2.01. The summed E-state index contributed by atoms with van der Waals surface area (Å²) in [5.41, 5.74) is -0.349. The Balaban J connectivity index is 2.43. The molecule has 0 radical (unpaired) electrons. The molecule has 0 aromatic rings. The molecule has 13 heavy (non-hydrogen) atoms. The van der Waals surface area contributed by atoms with Gasteiger partial charge >= 0.3 is 5.97 Å². The minimum Gasteiger partial charge on any atom is -0.460 e. The fourth-order valence-electron chi connectivity index (χ4n) is 1.39. The summed E-state index contributed by atoms with van der Waals surface area (Å²) in [6.07, 6.45) is 6.98. The van der Waals surface area contributed by atoms with Gasteiger partial charge in [0.1, 0.15) is 5.60 Å². The maximum atomic E-state index is 11.6. The first-order chi connectivity index (χ1) is 5.99. The van der Waals surface area contributed by atoms with Gasteiger partial charge < -0.3 is 4.74 Å². The SMILES string of the molecule is CC(C)(C)OC(=O)[C@@H]1CC=CCC1. The molecule has 0 aromatic carbocycles. The summed E-state index contributed by atoms with van der Waals surface area (Å²) in [6.45, 7) is 5.72. The van der Waals surface area contributed by atoms with Gasteiger partial charge in [-0.1, -0.05) is 12.2 Å². The van der Waals surface area contributed by atoms with Crippen LogP contribution in [0.2, 0.25) is 0 Å². The minimum absolute atomic E-state index is 0.0446. The summed E-state index contributed by atoms with van der Waals surface area (Å²) in [6, 6.07) is 0. The van der Waals surface area contributed by atoms with Gasteiger partial charge in [0, 0.05) is 0 Å². The number of hydrogen-bond acceptors (Lipinski definition) is 2. The molecule has 0 unspecified atom stereocenters. The standard InChI is InChI=1S/C11H18O2/c1-11(2,3)13-10(12)9-7-5-4-6-8-9/h4-5,9H,6-8H2,1-3H3/t9-/m1/s1. The molecule has 0 bridgehead atoms. The lowest BCUT2D eigenvalue weighted by atomic mass is 9.94. The van der Waals surface area contributed by atoms with Crippen LogP contribution in [0.4, 0.5) is 0 Å². The number of carbonyl (C=O) groups excluding carboxylic acids is 1. The Morgan fingerprint density at radius 2 is 2.08 bits per heavy atom. The van der Waals surface area contributed by atoms with Gasteiger partial charge in [-0.2, -0.15) is 0 Å². The van der Waals surface area contributed by atoms with Gasteiger partial charge in [0.25, 0.3) is 0 Å². The second kappa shape index (κ2) is 3.95. The molecule has 2 nitrogen and oxygen atoms in total. The molecule has 2 heteroatoms. The van der Waals surface area contributed by atoms with E-state index in [0.29, 0.717) is 0 Å². The van der Waals surface area contributed by atoms with Crippen molar-refractivity contribution in [3.63, 3.8) is 0 Å². The number of hydrogen-bond donors (Lipinski definition) is 0. The summed E-state index contributed by atoms with van der Waals surface area (Å²) in [5, 5.41) is 0. The second-order valence-corrected chi connectivity index (χ2v) is 4.51. The molecule has 0 amide bonds. The van der Waals surface area contributed by atoms with Gasteiger partial charge in [0.2, 0.25) is 0 Å². The zero-order valence-corrected chi connectivity index (χ0v) is 8.67. The Bertz CT molecular complexity index is 211. The molecule has 0 heterocycles. The smallest absolute Gasteiger partial charge is 0.309 e. The maximum Gasteiger partial charge on any atom is 0.309 e. The van der Waals surface area contributed by atoms with Crippen molar-refractivity contribution >= 4 is 5.97 Å². The van der Waals surface area contributed by atoms with Gasteiger partial charge in [-0.25, -0.2) is 0 Å². The quantitative estimate of drug-likeness (QED) is 0.460. The van der Waals surface area contributed by atoms with Crippen LogP contribution < -0.4 is 0 Å². The van der Waals surface area contributed by atoms with Crippen LogP contribution in [0, 0.1) is 5.92 Å². The van der Waals surface area contributed by atoms with E-state index in [4.69, 9.17) is 4.74 Å². The number of carbonyl (C=O) groups is 1. The van der Waals surface area contributed by atoms with E-state index in [9.17, 15) is 4.79 Å². The highest BCUT2D eigenvalue weighted by molar-refractivity contribution is 5.73. The van der Waals surface area contributed by atoms with E-state index < -0.39 is 0 Å². The normalized spacial score (nSPS) is 22.8.